The molecule has 1 aliphatic rings. The highest BCUT2D eigenvalue weighted by Gasteiger charge is 2.52. The lowest BCUT2D eigenvalue weighted by atomic mass is 9.83. The van der Waals surface area contributed by atoms with Crippen molar-refractivity contribution in [2.75, 3.05) is 5.73 Å². The van der Waals surface area contributed by atoms with Crippen LogP contribution in [0.1, 0.15) is 27.0 Å². The molecule has 0 aliphatic carbocycles. The minimum atomic E-state index is -0.806. The molecule has 3 heterocycles. The van der Waals surface area contributed by atoms with Gasteiger partial charge in [0, 0.05) is 5.41 Å². The van der Waals surface area contributed by atoms with Crippen LogP contribution in [0.2, 0.25) is 0 Å². The average Bonchev–Trinajstić information content (AvgIpc) is 2.92. The van der Waals surface area contributed by atoms with Gasteiger partial charge in [0.2, 0.25) is 0 Å². The molecule has 4 atom stereocenters. The van der Waals surface area contributed by atoms with E-state index in [1.165, 1.54) is 6.33 Å². The van der Waals surface area contributed by atoms with Gasteiger partial charge in [0.25, 0.3) is 0 Å². The first-order valence-corrected chi connectivity index (χ1v) is 6.78. The van der Waals surface area contributed by atoms with E-state index in [9.17, 15) is 10.2 Å². The molecule has 114 valence electrons. The number of fused-ring (bicyclic) bond motifs is 1. The number of aliphatic hydroxyl groups excluding tert-OH is 2. The van der Waals surface area contributed by atoms with Crippen molar-refractivity contribution < 1.29 is 14.9 Å². The lowest BCUT2D eigenvalue weighted by Gasteiger charge is -2.28. The van der Waals surface area contributed by atoms with Gasteiger partial charge in [-0.15, -0.1) is 0 Å². The Bertz CT molecular complexity index is 669. The molecule has 8 heteroatoms. The Kier molecular flexibility index (Phi) is 3.12. The van der Waals surface area contributed by atoms with E-state index in [-0.39, 0.29) is 0 Å². The summed E-state index contributed by atoms with van der Waals surface area (Å²) in [6, 6.07) is 0. The first kappa shape index (κ1) is 14.2. The molecule has 3 rings (SSSR count). The van der Waals surface area contributed by atoms with Crippen molar-refractivity contribution in [1.29, 1.82) is 0 Å². The molecule has 0 aromatic carbocycles. The molecule has 1 aliphatic heterocycles. The van der Waals surface area contributed by atoms with Crippen LogP contribution in [-0.2, 0) is 4.74 Å². The predicted octanol–water partition coefficient (Wildman–Crippen LogP) is 0.0738. The highest BCUT2D eigenvalue weighted by Crippen LogP contribution is 2.46. The number of aliphatic hydroxyl groups is 2. The second-order valence-electron chi connectivity index (χ2n) is 6.04. The normalized spacial score (nSPS) is 29.9. The third-order valence-corrected chi connectivity index (χ3v) is 4.11. The molecule has 4 N–H and O–H groups in total. The van der Waals surface area contributed by atoms with E-state index < -0.39 is 30.0 Å². The van der Waals surface area contributed by atoms with E-state index in [0.717, 1.165) is 0 Å². The van der Waals surface area contributed by atoms with Gasteiger partial charge in [-0.1, -0.05) is 13.8 Å². The van der Waals surface area contributed by atoms with Crippen molar-refractivity contribution in [1.82, 2.24) is 19.5 Å². The van der Waals surface area contributed by atoms with Crippen LogP contribution in [0.3, 0.4) is 0 Å². The van der Waals surface area contributed by atoms with Gasteiger partial charge >= 0.3 is 0 Å². The van der Waals surface area contributed by atoms with Gasteiger partial charge in [-0.05, 0) is 6.92 Å². The smallest absolute Gasteiger partial charge is 0.167 e. The molecule has 0 bridgehead atoms. The third kappa shape index (κ3) is 1.98. The van der Waals surface area contributed by atoms with Crippen LogP contribution in [0.4, 0.5) is 5.82 Å². The Labute approximate surface area is 121 Å². The topological polar surface area (TPSA) is 119 Å². The summed E-state index contributed by atoms with van der Waals surface area (Å²) in [5, 5.41) is 20.2. The van der Waals surface area contributed by atoms with Gasteiger partial charge in [-0.2, -0.15) is 0 Å². The van der Waals surface area contributed by atoms with E-state index in [4.69, 9.17) is 10.5 Å². The van der Waals surface area contributed by atoms with Gasteiger partial charge in [0.05, 0.1) is 18.5 Å². The number of hydrogen-bond acceptors (Lipinski definition) is 7. The van der Waals surface area contributed by atoms with Crippen LogP contribution in [0.25, 0.3) is 11.2 Å². The Morgan fingerprint density at radius 1 is 1.38 bits per heavy atom. The number of nitrogens with two attached hydrogens (primary N) is 1. The third-order valence-electron chi connectivity index (χ3n) is 4.11. The highest BCUT2D eigenvalue weighted by molar-refractivity contribution is 5.81. The quantitative estimate of drug-likeness (QED) is 0.717. The highest BCUT2D eigenvalue weighted by atomic mass is 16.5. The van der Waals surface area contributed by atoms with E-state index in [1.807, 2.05) is 13.8 Å². The van der Waals surface area contributed by atoms with Crippen LogP contribution < -0.4 is 5.73 Å². The molecule has 8 nitrogen and oxygen atoms in total. The minimum absolute atomic E-state index is 0.294. The molecule has 0 radical (unpaired) electrons. The lowest BCUT2D eigenvalue weighted by molar-refractivity contribution is -0.0774. The van der Waals surface area contributed by atoms with Crippen LogP contribution in [0.15, 0.2) is 12.7 Å². The maximum atomic E-state index is 10.4. The van der Waals surface area contributed by atoms with Crippen LogP contribution >= 0.6 is 0 Å². The molecule has 0 saturated carbocycles. The molecular weight excluding hydrogens is 274 g/mol. The summed E-state index contributed by atoms with van der Waals surface area (Å²) in [5.74, 6) is 0.294. The predicted molar refractivity (Wildman–Crippen MR) is 75.1 cm³/mol. The molecule has 0 amide bonds. The zero-order valence-corrected chi connectivity index (χ0v) is 12.1. The van der Waals surface area contributed by atoms with Gasteiger partial charge in [-0.25, -0.2) is 15.0 Å². The Hall–Kier alpha value is -1.77. The second kappa shape index (κ2) is 4.62. The fraction of sp³-hybridized carbons (Fsp3) is 0.615. The molecule has 1 saturated heterocycles. The summed E-state index contributed by atoms with van der Waals surface area (Å²) in [6.07, 6.45) is 0.172. The van der Waals surface area contributed by atoms with Crippen molar-refractivity contribution in [3.8, 4) is 0 Å². The van der Waals surface area contributed by atoms with E-state index in [2.05, 4.69) is 15.0 Å². The van der Waals surface area contributed by atoms with Crippen molar-refractivity contribution in [2.24, 2.45) is 5.41 Å². The largest absolute Gasteiger partial charge is 0.391 e. The summed E-state index contributed by atoms with van der Waals surface area (Å²) in [5.41, 5.74) is 6.20. The molecule has 0 spiro atoms. The second-order valence-corrected chi connectivity index (χ2v) is 6.04. The maximum Gasteiger partial charge on any atom is 0.167 e. The minimum Gasteiger partial charge on any atom is -0.391 e. The number of aromatic nitrogens is 4. The average molecular weight is 293 g/mol. The summed E-state index contributed by atoms with van der Waals surface area (Å²) in [4.78, 5) is 12.3. The van der Waals surface area contributed by atoms with E-state index >= 15 is 0 Å². The summed E-state index contributed by atoms with van der Waals surface area (Å²) in [7, 11) is 0. The van der Waals surface area contributed by atoms with Crippen LogP contribution in [-0.4, -0.2) is 48.0 Å². The SMILES string of the molecule is C[C@H](O)[C@H]1O[C@@H](n2cnc3c(N)ncnc32)C(C)(C)[C@@H]1O. The number of imidazole rings is 1. The Morgan fingerprint density at radius 3 is 2.71 bits per heavy atom. The Balaban J connectivity index is 2.08. The van der Waals surface area contributed by atoms with Crippen molar-refractivity contribution in [3.63, 3.8) is 0 Å². The monoisotopic (exact) mass is 293 g/mol. The van der Waals surface area contributed by atoms with Gasteiger partial charge in [0.15, 0.2) is 11.5 Å². The van der Waals surface area contributed by atoms with E-state index in [0.29, 0.717) is 17.0 Å². The van der Waals surface area contributed by atoms with Crippen LogP contribution in [0.5, 0.6) is 0 Å². The summed E-state index contributed by atoms with van der Waals surface area (Å²) in [6.45, 7) is 5.35. The number of ether oxygens (including phenoxy) is 1. The fourth-order valence-corrected chi connectivity index (χ4v) is 2.81. The molecule has 21 heavy (non-hydrogen) atoms. The van der Waals surface area contributed by atoms with Crippen molar-refractivity contribution >= 4 is 17.0 Å². The molecular formula is C13H19N5O3. The first-order valence-electron chi connectivity index (χ1n) is 6.78. The molecule has 2 aromatic rings. The van der Waals surface area contributed by atoms with Gasteiger partial charge in [-0.3, -0.25) is 4.57 Å². The van der Waals surface area contributed by atoms with Crippen molar-refractivity contribution in [3.05, 3.63) is 12.7 Å². The van der Waals surface area contributed by atoms with Crippen molar-refractivity contribution in [2.45, 2.75) is 45.3 Å². The summed E-state index contributed by atoms with van der Waals surface area (Å²) >= 11 is 0. The number of anilines is 1. The molecule has 2 aromatic heterocycles. The maximum absolute atomic E-state index is 10.4. The zero-order chi connectivity index (χ0) is 15.4. The molecule has 0 unspecified atom stereocenters. The number of hydrogen-bond donors (Lipinski definition) is 3. The first-order chi connectivity index (χ1) is 9.84. The number of nitrogens with zero attached hydrogens (tertiary/aromatic N) is 4. The number of nitrogen functional groups attached to an aromatic ring is 1. The van der Waals surface area contributed by atoms with Gasteiger partial charge < -0.3 is 20.7 Å². The van der Waals surface area contributed by atoms with E-state index in [1.54, 1.807) is 17.8 Å². The zero-order valence-electron chi connectivity index (χ0n) is 12.1. The lowest BCUT2D eigenvalue weighted by Crippen LogP contribution is -2.38. The summed E-state index contributed by atoms with van der Waals surface area (Å²) < 4.78 is 7.59. The molecule has 1 fully saturated rings. The Morgan fingerprint density at radius 2 is 2.10 bits per heavy atom. The standard InChI is InChI=1S/C13H19N5O3/c1-6(19)8-9(20)13(2,3)12(21-8)18-5-17-7-10(14)15-4-16-11(7)18/h4-6,8-9,12,19-20H,1-3H3,(H2,14,15,16)/t6-,8+,9+,12+/m0/s1. The van der Waals surface area contributed by atoms with Crippen LogP contribution in [0, 0.1) is 5.41 Å². The fourth-order valence-electron chi connectivity index (χ4n) is 2.81. The van der Waals surface area contributed by atoms with Gasteiger partial charge in [0.1, 0.15) is 24.2 Å². The number of rotatable bonds is 2.